The van der Waals surface area contributed by atoms with Crippen LogP contribution < -0.4 is 10.5 Å². The van der Waals surface area contributed by atoms with Crippen molar-refractivity contribution >= 4 is 16.9 Å². The van der Waals surface area contributed by atoms with Gasteiger partial charge in [-0.05, 0) is 30.3 Å². The van der Waals surface area contributed by atoms with Crippen LogP contribution in [-0.4, -0.2) is 9.97 Å². The van der Waals surface area contributed by atoms with Crippen LogP contribution in [0, 0.1) is 0 Å². The molecule has 0 fully saturated rings. The van der Waals surface area contributed by atoms with Crippen molar-refractivity contribution in [2.75, 3.05) is 5.73 Å². The second-order valence-electron chi connectivity index (χ2n) is 3.84. The molecule has 0 bridgehead atoms. The molecule has 0 atom stereocenters. The lowest BCUT2D eigenvalue weighted by Crippen LogP contribution is -1.96. The average molecular weight is 237 g/mol. The Bertz CT molecular complexity index is 683. The van der Waals surface area contributed by atoms with Crippen molar-refractivity contribution in [1.29, 1.82) is 0 Å². The van der Waals surface area contributed by atoms with Crippen LogP contribution in [0.3, 0.4) is 0 Å². The van der Waals surface area contributed by atoms with Crippen LogP contribution in [0.5, 0.6) is 11.5 Å². The lowest BCUT2D eigenvalue weighted by molar-refractivity contribution is 0.484. The summed E-state index contributed by atoms with van der Waals surface area (Å²) < 4.78 is 5.70. The zero-order valence-electron chi connectivity index (χ0n) is 9.58. The number of hydrogen-bond donors (Lipinski definition) is 1. The van der Waals surface area contributed by atoms with E-state index in [-0.39, 0.29) is 0 Å². The summed E-state index contributed by atoms with van der Waals surface area (Å²) in [6, 6.07) is 15.1. The number of benzene rings is 1. The van der Waals surface area contributed by atoms with Crippen molar-refractivity contribution in [1.82, 2.24) is 9.97 Å². The van der Waals surface area contributed by atoms with Crippen LogP contribution in [0.15, 0.2) is 54.7 Å². The summed E-state index contributed by atoms with van der Waals surface area (Å²) in [5.41, 5.74) is 6.48. The monoisotopic (exact) mass is 237 g/mol. The molecule has 0 saturated heterocycles. The number of nitrogen functional groups attached to an aromatic ring is 1. The fourth-order valence-electron chi connectivity index (χ4n) is 1.70. The summed E-state index contributed by atoms with van der Waals surface area (Å²) in [5.74, 6) is 1.61. The number of nitrogens with zero attached hydrogens (tertiary/aromatic N) is 2. The maximum atomic E-state index is 5.86. The van der Waals surface area contributed by atoms with Crippen LogP contribution in [-0.2, 0) is 0 Å². The molecule has 0 radical (unpaired) electrons. The van der Waals surface area contributed by atoms with Gasteiger partial charge in [-0.1, -0.05) is 18.2 Å². The molecular weight excluding hydrogens is 226 g/mol. The Morgan fingerprint density at radius 3 is 2.67 bits per heavy atom. The van der Waals surface area contributed by atoms with Gasteiger partial charge in [0.05, 0.1) is 0 Å². The molecule has 0 aliphatic rings. The van der Waals surface area contributed by atoms with Gasteiger partial charge in [-0.3, -0.25) is 0 Å². The van der Waals surface area contributed by atoms with Gasteiger partial charge < -0.3 is 10.5 Å². The number of ether oxygens (including phenoxy) is 1. The quantitative estimate of drug-likeness (QED) is 0.744. The van der Waals surface area contributed by atoms with Crippen molar-refractivity contribution in [2.24, 2.45) is 0 Å². The third-order valence-electron chi connectivity index (χ3n) is 2.55. The molecule has 1 aromatic carbocycles. The zero-order chi connectivity index (χ0) is 12.4. The molecule has 4 nitrogen and oxygen atoms in total. The third kappa shape index (κ3) is 1.96. The van der Waals surface area contributed by atoms with Gasteiger partial charge >= 0.3 is 0 Å². The lowest BCUT2D eigenvalue weighted by Gasteiger charge is -2.08. The molecule has 18 heavy (non-hydrogen) atoms. The van der Waals surface area contributed by atoms with Gasteiger partial charge in [-0.2, -0.15) is 0 Å². The van der Waals surface area contributed by atoms with Crippen molar-refractivity contribution in [3.05, 3.63) is 54.7 Å². The van der Waals surface area contributed by atoms with E-state index in [9.17, 15) is 0 Å². The Labute approximate surface area is 104 Å². The van der Waals surface area contributed by atoms with Gasteiger partial charge in [0, 0.05) is 11.6 Å². The zero-order valence-corrected chi connectivity index (χ0v) is 9.58. The van der Waals surface area contributed by atoms with Crippen LogP contribution in [0.1, 0.15) is 0 Å². The molecule has 0 aliphatic carbocycles. The molecule has 4 heteroatoms. The van der Waals surface area contributed by atoms with Gasteiger partial charge in [0.15, 0.2) is 17.2 Å². The van der Waals surface area contributed by atoms with Crippen LogP contribution in [0.2, 0.25) is 0 Å². The normalized spacial score (nSPS) is 10.4. The highest BCUT2D eigenvalue weighted by Crippen LogP contribution is 2.28. The van der Waals surface area contributed by atoms with Gasteiger partial charge in [0.25, 0.3) is 0 Å². The summed E-state index contributed by atoms with van der Waals surface area (Å²) in [6.45, 7) is 0. The number of rotatable bonds is 2. The first kappa shape index (κ1) is 10.5. The summed E-state index contributed by atoms with van der Waals surface area (Å²) in [6.07, 6.45) is 1.69. The molecular formula is C14H11N3O. The molecule has 0 spiro atoms. The molecule has 2 aromatic heterocycles. The largest absolute Gasteiger partial charge is 0.453 e. The molecule has 0 aliphatic heterocycles. The van der Waals surface area contributed by atoms with E-state index in [4.69, 9.17) is 10.5 Å². The summed E-state index contributed by atoms with van der Waals surface area (Å²) in [5, 5.41) is 0.901. The molecule has 3 aromatic rings. The fraction of sp³-hybridized carbons (Fsp3) is 0. The molecule has 0 saturated carbocycles. The highest BCUT2D eigenvalue weighted by Gasteiger charge is 2.06. The SMILES string of the molecule is Nc1nc2ncccc2cc1Oc1ccccc1. The molecule has 2 N–H and O–H groups in total. The van der Waals surface area contributed by atoms with E-state index in [0.29, 0.717) is 17.2 Å². The molecule has 3 rings (SSSR count). The standard InChI is InChI=1S/C14H11N3O/c15-13-12(18-11-6-2-1-3-7-11)9-10-5-4-8-16-14(10)17-13/h1-9H,(H2,15,16,17). The number of aromatic nitrogens is 2. The first-order chi connectivity index (χ1) is 8.83. The number of pyridine rings is 2. The topological polar surface area (TPSA) is 61.0 Å². The highest BCUT2D eigenvalue weighted by atomic mass is 16.5. The predicted molar refractivity (Wildman–Crippen MR) is 70.5 cm³/mol. The highest BCUT2D eigenvalue weighted by molar-refractivity contribution is 5.79. The average Bonchev–Trinajstić information content (AvgIpc) is 2.41. The van der Waals surface area contributed by atoms with Crippen molar-refractivity contribution < 1.29 is 4.74 Å². The van der Waals surface area contributed by atoms with Gasteiger partial charge in [-0.15, -0.1) is 0 Å². The Kier molecular flexibility index (Phi) is 2.53. The minimum Gasteiger partial charge on any atom is -0.453 e. The van der Waals surface area contributed by atoms with E-state index < -0.39 is 0 Å². The third-order valence-corrected chi connectivity index (χ3v) is 2.55. The first-order valence-corrected chi connectivity index (χ1v) is 5.57. The predicted octanol–water partition coefficient (Wildman–Crippen LogP) is 3.00. The van der Waals surface area contributed by atoms with Crippen molar-refractivity contribution in [2.45, 2.75) is 0 Å². The summed E-state index contributed by atoms with van der Waals surface area (Å²) in [4.78, 5) is 8.36. The lowest BCUT2D eigenvalue weighted by atomic mass is 10.2. The minimum atomic E-state index is 0.338. The molecule has 0 amide bonds. The maximum absolute atomic E-state index is 5.86. The van der Waals surface area contributed by atoms with Gasteiger partial charge in [0.1, 0.15) is 5.75 Å². The van der Waals surface area contributed by atoms with Crippen molar-refractivity contribution in [3.63, 3.8) is 0 Å². The summed E-state index contributed by atoms with van der Waals surface area (Å²) in [7, 11) is 0. The number of para-hydroxylation sites is 1. The summed E-state index contributed by atoms with van der Waals surface area (Å²) >= 11 is 0. The van der Waals surface area contributed by atoms with E-state index in [1.807, 2.05) is 48.5 Å². The smallest absolute Gasteiger partial charge is 0.170 e. The van der Waals surface area contributed by atoms with E-state index >= 15 is 0 Å². The van der Waals surface area contributed by atoms with E-state index in [2.05, 4.69) is 9.97 Å². The van der Waals surface area contributed by atoms with Crippen LogP contribution >= 0.6 is 0 Å². The van der Waals surface area contributed by atoms with E-state index in [1.165, 1.54) is 0 Å². The van der Waals surface area contributed by atoms with E-state index in [1.54, 1.807) is 6.20 Å². The second-order valence-corrected chi connectivity index (χ2v) is 3.84. The van der Waals surface area contributed by atoms with Gasteiger partial charge in [0.2, 0.25) is 0 Å². The fourth-order valence-corrected chi connectivity index (χ4v) is 1.70. The Balaban J connectivity index is 2.04. The molecule has 88 valence electrons. The van der Waals surface area contributed by atoms with Crippen molar-refractivity contribution in [3.8, 4) is 11.5 Å². The van der Waals surface area contributed by atoms with Crippen LogP contribution in [0.4, 0.5) is 5.82 Å². The van der Waals surface area contributed by atoms with Crippen LogP contribution in [0.25, 0.3) is 11.0 Å². The van der Waals surface area contributed by atoms with E-state index in [0.717, 1.165) is 11.1 Å². The molecule has 2 heterocycles. The Morgan fingerprint density at radius 1 is 1.00 bits per heavy atom. The Hall–Kier alpha value is -2.62. The molecule has 0 unspecified atom stereocenters. The Morgan fingerprint density at radius 2 is 1.83 bits per heavy atom. The number of fused-ring (bicyclic) bond motifs is 1. The maximum Gasteiger partial charge on any atom is 0.170 e. The first-order valence-electron chi connectivity index (χ1n) is 5.57. The number of hydrogen-bond acceptors (Lipinski definition) is 4. The number of nitrogens with two attached hydrogens (primary N) is 1. The number of anilines is 1. The minimum absolute atomic E-state index is 0.338. The second kappa shape index (κ2) is 4.33. The van der Waals surface area contributed by atoms with Gasteiger partial charge in [-0.25, -0.2) is 9.97 Å².